The molecule has 1 fully saturated rings. The Balaban J connectivity index is 1.87. The van der Waals surface area contributed by atoms with Gasteiger partial charge >= 0.3 is 6.18 Å². The number of piperazine rings is 1. The topological polar surface area (TPSA) is 129 Å². The summed E-state index contributed by atoms with van der Waals surface area (Å²) in [5, 5.41) is -1.40. The van der Waals surface area contributed by atoms with E-state index in [4.69, 9.17) is 33.7 Å². The van der Waals surface area contributed by atoms with Crippen molar-refractivity contribution in [2.24, 2.45) is 0 Å². The van der Waals surface area contributed by atoms with Crippen LogP contribution in [0.2, 0.25) is 10.0 Å². The standard InChI is InChI=1S/C34H33Cl2F4N7O4/c1-6-22(48)44-8-9-45-17(13-44)7-10-51-31-27(45)18-11-21(34(38,39)40)46(29-23(37)19(35)12-20(36)24(29)41)32(49)28(18)47(33(31)50)30-25(15(2)3)42-14-43-26(30)16(4)5/h6,11-12,14-17H,1,7-10,13,41H2,2-5H3/t17-/m0/s1. The summed E-state index contributed by atoms with van der Waals surface area (Å²) in [6, 6.07) is 1.06. The van der Waals surface area contributed by atoms with Gasteiger partial charge in [0.25, 0.3) is 11.1 Å². The number of nitrogens with zero attached hydrogens (tertiary/aromatic N) is 6. The van der Waals surface area contributed by atoms with Crippen molar-refractivity contribution in [1.29, 1.82) is 0 Å². The fourth-order valence-corrected chi connectivity index (χ4v) is 7.26. The number of amides is 1. The second-order valence-electron chi connectivity index (χ2n) is 12.9. The van der Waals surface area contributed by atoms with E-state index in [1.165, 1.54) is 11.2 Å². The number of nitrogen functional groups attached to an aromatic ring is 1. The van der Waals surface area contributed by atoms with Gasteiger partial charge in [-0.1, -0.05) is 57.5 Å². The maximum absolute atomic E-state index is 15.8. The fraction of sp³-hybridized carbons (Fsp3) is 0.382. The average molecular weight is 751 g/mol. The predicted octanol–water partition coefficient (Wildman–Crippen LogP) is 6.21. The number of alkyl halides is 3. The van der Waals surface area contributed by atoms with Gasteiger partial charge in [-0.25, -0.2) is 14.4 Å². The SMILES string of the molecule is C=CC(=O)N1CCN2c3c(c(=O)n(-c4c(C(C)C)ncnc4C(C)C)c4c(=O)n(-c5c(N)c(Cl)cc(Cl)c5F)c(C(F)(F)F)cc34)OCC[C@H]2C1. The van der Waals surface area contributed by atoms with E-state index in [-0.39, 0.29) is 77.5 Å². The van der Waals surface area contributed by atoms with Crippen LogP contribution in [0.1, 0.15) is 63.0 Å². The first-order valence-electron chi connectivity index (χ1n) is 16.0. The summed E-state index contributed by atoms with van der Waals surface area (Å²) < 4.78 is 68.5. The molecule has 1 saturated heterocycles. The maximum Gasteiger partial charge on any atom is 0.431 e. The number of benzene rings is 1. The van der Waals surface area contributed by atoms with Gasteiger partial charge in [0.15, 0.2) is 5.82 Å². The number of nitrogens with two attached hydrogens (primary N) is 1. The zero-order chi connectivity index (χ0) is 37.3. The summed E-state index contributed by atoms with van der Waals surface area (Å²) in [5.41, 5.74) is 0.515. The quantitative estimate of drug-likeness (QED) is 0.110. The number of halogens is 6. The molecule has 2 N–H and O–H groups in total. The van der Waals surface area contributed by atoms with Crippen molar-refractivity contribution >= 4 is 51.4 Å². The lowest BCUT2D eigenvalue weighted by Gasteiger charge is -2.42. The Morgan fingerprint density at radius 1 is 1.00 bits per heavy atom. The van der Waals surface area contributed by atoms with E-state index in [0.717, 1.165) is 16.7 Å². The molecule has 1 amide bonds. The first kappa shape index (κ1) is 36.2. The highest BCUT2D eigenvalue weighted by Gasteiger charge is 2.42. The molecule has 11 nitrogen and oxygen atoms in total. The average Bonchev–Trinajstić information content (AvgIpc) is 3.27. The highest BCUT2D eigenvalue weighted by molar-refractivity contribution is 6.37. The lowest BCUT2D eigenvalue weighted by Crippen LogP contribution is -2.54. The molecule has 5 heterocycles. The van der Waals surface area contributed by atoms with Crippen LogP contribution in [0.3, 0.4) is 0 Å². The number of anilines is 2. The second-order valence-corrected chi connectivity index (χ2v) is 13.8. The highest BCUT2D eigenvalue weighted by Crippen LogP contribution is 2.44. The summed E-state index contributed by atoms with van der Waals surface area (Å²) in [4.78, 5) is 54.5. The van der Waals surface area contributed by atoms with E-state index in [2.05, 4.69) is 16.5 Å². The van der Waals surface area contributed by atoms with E-state index in [9.17, 15) is 14.4 Å². The van der Waals surface area contributed by atoms with Gasteiger partial charge in [0.2, 0.25) is 11.7 Å². The maximum atomic E-state index is 15.8. The number of hydrogen-bond acceptors (Lipinski definition) is 8. The number of carbonyl (C=O) groups excluding carboxylic acids is 1. The van der Waals surface area contributed by atoms with Gasteiger partial charge < -0.3 is 20.3 Å². The molecular formula is C34H33Cl2F4N7O4. The number of aromatic nitrogens is 4. The van der Waals surface area contributed by atoms with Crippen molar-refractivity contribution < 1.29 is 27.1 Å². The van der Waals surface area contributed by atoms with Crippen LogP contribution in [0.5, 0.6) is 5.75 Å². The third-order valence-electron chi connectivity index (χ3n) is 9.12. The molecular weight excluding hydrogens is 717 g/mol. The monoisotopic (exact) mass is 749 g/mol. The largest absolute Gasteiger partial charge is 0.486 e. The minimum absolute atomic E-state index is 0.0314. The molecule has 17 heteroatoms. The molecule has 270 valence electrons. The Bertz CT molecular complexity index is 2180. The molecule has 4 aromatic rings. The first-order chi connectivity index (χ1) is 24.0. The molecule has 2 aliphatic heterocycles. The van der Waals surface area contributed by atoms with Crippen LogP contribution >= 0.6 is 23.2 Å². The van der Waals surface area contributed by atoms with Crippen LogP contribution < -0.4 is 26.5 Å². The zero-order valence-electron chi connectivity index (χ0n) is 27.9. The Morgan fingerprint density at radius 3 is 2.24 bits per heavy atom. The molecule has 0 unspecified atom stereocenters. The van der Waals surface area contributed by atoms with Gasteiger partial charge in [-0.15, -0.1) is 0 Å². The molecule has 3 aromatic heterocycles. The van der Waals surface area contributed by atoms with Gasteiger partial charge in [0.05, 0.1) is 51.1 Å². The number of ether oxygens (including phenoxy) is 1. The lowest BCUT2D eigenvalue weighted by atomic mass is 10.00. The number of hydrogen-bond donors (Lipinski definition) is 1. The van der Waals surface area contributed by atoms with Crippen LogP contribution in [0.15, 0.2) is 40.7 Å². The van der Waals surface area contributed by atoms with Crippen LogP contribution in [-0.4, -0.2) is 62.2 Å². The van der Waals surface area contributed by atoms with Crippen LogP contribution in [-0.2, 0) is 11.0 Å². The predicted molar refractivity (Wildman–Crippen MR) is 186 cm³/mol. The second kappa shape index (κ2) is 13.2. The molecule has 51 heavy (non-hydrogen) atoms. The lowest BCUT2D eigenvalue weighted by molar-refractivity contribution is -0.142. The molecule has 2 aliphatic rings. The third kappa shape index (κ3) is 5.89. The third-order valence-corrected chi connectivity index (χ3v) is 9.71. The van der Waals surface area contributed by atoms with Crippen LogP contribution in [0, 0.1) is 5.82 Å². The van der Waals surface area contributed by atoms with Crippen molar-refractivity contribution in [3.63, 3.8) is 0 Å². The van der Waals surface area contributed by atoms with Crippen LogP contribution in [0.4, 0.5) is 28.9 Å². The van der Waals surface area contributed by atoms with Crippen molar-refractivity contribution in [2.45, 2.75) is 58.2 Å². The summed E-state index contributed by atoms with van der Waals surface area (Å²) in [7, 11) is 0. The van der Waals surface area contributed by atoms with E-state index < -0.39 is 61.8 Å². The van der Waals surface area contributed by atoms with Crippen molar-refractivity contribution in [3.8, 4) is 17.1 Å². The van der Waals surface area contributed by atoms with Crippen molar-refractivity contribution in [3.05, 3.63) is 84.8 Å². The smallest absolute Gasteiger partial charge is 0.431 e. The van der Waals surface area contributed by atoms with Gasteiger partial charge in [-0.2, -0.15) is 13.2 Å². The molecule has 6 rings (SSSR count). The number of rotatable bonds is 5. The summed E-state index contributed by atoms with van der Waals surface area (Å²) >= 11 is 12.2. The van der Waals surface area contributed by atoms with Crippen molar-refractivity contribution in [1.82, 2.24) is 24.0 Å². The molecule has 0 spiro atoms. The minimum Gasteiger partial charge on any atom is -0.486 e. The van der Waals surface area contributed by atoms with Gasteiger partial charge in [0.1, 0.15) is 23.2 Å². The Kier molecular flexibility index (Phi) is 9.34. The number of pyridine rings is 2. The summed E-state index contributed by atoms with van der Waals surface area (Å²) in [6.07, 6.45) is -2.53. The summed E-state index contributed by atoms with van der Waals surface area (Å²) in [5.74, 6) is -2.80. The van der Waals surface area contributed by atoms with E-state index in [0.29, 0.717) is 17.5 Å². The Morgan fingerprint density at radius 2 is 1.65 bits per heavy atom. The molecule has 0 radical (unpaired) electrons. The van der Waals surface area contributed by atoms with Gasteiger partial charge in [-0.3, -0.25) is 23.5 Å². The molecule has 0 saturated carbocycles. The summed E-state index contributed by atoms with van der Waals surface area (Å²) in [6.45, 7) is 11.0. The highest BCUT2D eigenvalue weighted by atomic mass is 35.5. The minimum atomic E-state index is -5.28. The molecule has 1 aromatic carbocycles. The Hall–Kier alpha value is -4.63. The molecule has 0 aliphatic carbocycles. The normalized spacial score (nSPS) is 16.3. The molecule has 0 bridgehead atoms. The zero-order valence-corrected chi connectivity index (χ0v) is 29.5. The fourth-order valence-electron chi connectivity index (χ4n) is 6.80. The van der Waals surface area contributed by atoms with Crippen molar-refractivity contribution in [2.75, 3.05) is 36.9 Å². The van der Waals surface area contributed by atoms with E-state index >= 15 is 17.6 Å². The van der Waals surface area contributed by atoms with Gasteiger partial charge in [-0.05, 0) is 30.0 Å². The first-order valence-corrected chi connectivity index (χ1v) is 16.8. The number of carbonyl (C=O) groups is 1. The van der Waals surface area contributed by atoms with Gasteiger partial charge in [0, 0.05) is 31.4 Å². The van der Waals surface area contributed by atoms with Crippen LogP contribution in [0.25, 0.3) is 22.3 Å². The van der Waals surface area contributed by atoms with E-state index in [1.54, 1.807) is 32.6 Å². The molecule has 1 atom stereocenters. The number of fused-ring (bicyclic) bond motifs is 5. The Labute approximate surface area is 298 Å². The van der Waals surface area contributed by atoms with E-state index in [1.807, 2.05) is 0 Å².